The topological polar surface area (TPSA) is 0 Å². The highest BCUT2D eigenvalue weighted by atomic mass is 35.5. The van der Waals surface area contributed by atoms with E-state index in [0.29, 0.717) is 0 Å². The molecular weight excluding hydrogens is 155 g/mol. The minimum absolute atomic E-state index is 0.205. The van der Waals surface area contributed by atoms with Crippen molar-refractivity contribution in [3.63, 3.8) is 0 Å². The summed E-state index contributed by atoms with van der Waals surface area (Å²) in [5.41, 5.74) is 1.24. The summed E-state index contributed by atoms with van der Waals surface area (Å²) in [6.45, 7) is 3.86. The fourth-order valence-electron chi connectivity index (χ4n) is 0.321. The van der Waals surface area contributed by atoms with Gasteiger partial charge in [0.15, 0.2) is 0 Å². The molecule has 0 N–H and O–H groups in total. The van der Waals surface area contributed by atoms with Crippen LogP contribution in [0.25, 0.3) is 0 Å². The highest BCUT2D eigenvalue weighted by Crippen LogP contribution is 2.15. The van der Waals surface area contributed by atoms with E-state index >= 15 is 0 Å². The lowest BCUT2D eigenvalue weighted by Gasteiger charge is -2.08. The van der Waals surface area contributed by atoms with Gasteiger partial charge in [0, 0.05) is 16.3 Å². The quantitative estimate of drug-likeness (QED) is 0.521. The van der Waals surface area contributed by atoms with E-state index in [2.05, 4.69) is 11.3 Å². The van der Waals surface area contributed by atoms with Gasteiger partial charge in [0.05, 0.1) is 0 Å². The summed E-state index contributed by atoms with van der Waals surface area (Å²) in [6, 6.07) is 0. The molecule has 0 nitrogen and oxygen atoms in total. The minimum Gasteiger partial charge on any atom is -0.0932 e. The van der Waals surface area contributed by atoms with Crippen molar-refractivity contribution in [1.82, 2.24) is 0 Å². The third-order valence-electron chi connectivity index (χ3n) is 0.849. The number of hydrogen-bond donors (Lipinski definition) is 0. The van der Waals surface area contributed by atoms with Crippen molar-refractivity contribution in [3.8, 4) is 11.3 Å². The average molecular weight is 163 g/mol. The van der Waals surface area contributed by atoms with Gasteiger partial charge in [-0.05, 0) is 25.4 Å². The van der Waals surface area contributed by atoms with E-state index in [-0.39, 0.29) is 5.41 Å². The SMILES string of the molecule is CC(C)(C#CCl)/C=C/Cl. The molecule has 0 aromatic carbocycles. The Morgan fingerprint density at radius 2 is 2.00 bits per heavy atom. The van der Waals surface area contributed by atoms with Gasteiger partial charge in [-0.3, -0.25) is 0 Å². The van der Waals surface area contributed by atoms with Crippen molar-refractivity contribution in [3.05, 3.63) is 11.6 Å². The van der Waals surface area contributed by atoms with Gasteiger partial charge in [-0.25, -0.2) is 0 Å². The molecule has 0 saturated heterocycles. The van der Waals surface area contributed by atoms with Crippen LogP contribution in [0.1, 0.15) is 13.8 Å². The first-order valence-corrected chi connectivity index (χ1v) is 3.34. The van der Waals surface area contributed by atoms with Crippen molar-refractivity contribution < 1.29 is 0 Å². The van der Waals surface area contributed by atoms with Gasteiger partial charge >= 0.3 is 0 Å². The van der Waals surface area contributed by atoms with E-state index in [1.807, 2.05) is 13.8 Å². The lowest BCUT2D eigenvalue weighted by molar-refractivity contribution is 0.657. The van der Waals surface area contributed by atoms with Gasteiger partial charge in [-0.15, -0.1) is 0 Å². The van der Waals surface area contributed by atoms with Crippen LogP contribution in [0.15, 0.2) is 11.6 Å². The van der Waals surface area contributed by atoms with Crippen LogP contribution in [-0.4, -0.2) is 0 Å². The molecule has 0 aliphatic carbocycles. The van der Waals surface area contributed by atoms with E-state index in [0.717, 1.165) is 0 Å². The molecule has 0 aromatic heterocycles. The van der Waals surface area contributed by atoms with Gasteiger partial charge in [-0.2, -0.15) is 0 Å². The molecule has 0 aromatic rings. The average Bonchev–Trinajstić information content (AvgIpc) is 1.64. The molecule has 0 radical (unpaired) electrons. The third-order valence-corrected chi connectivity index (χ3v) is 1.07. The molecule has 9 heavy (non-hydrogen) atoms. The molecule has 0 heterocycles. The number of allylic oxidation sites excluding steroid dienone is 1. The third kappa shape index (κ3) is 4.39. The molecule has 0 bridgehead atoms. The van der Waals surface area contributed by atoms with E-state index in [1.165, 1.54) is 5.54 Å². The molecule has 0 rings (SSSR count). The first kappa shape index (κ1) is 8.88. The molecule has 0 aliphatic heterocycles. The maximum Gasteiger partial charge on any atom is 0.0461 e. The molecule has 2 heteroatoms. The maximum atomic E-state index is 5.33. The Morgan fingerprint density at radius 1 is 1.44 bits per heavy atom. The summed E-state index contributed by atoms with van der Waals surface area (Å²) in [6.07, 6.45) is 1.78. The van der Waals surface area contributed by atoms with Crippen molar-refractivity contribution in [2.45, 2.75) is 13.8 Å². The zero-order valence-corrected chi connectivity index (χ0v) is 6.92. The monoisotopic (exact) mass is 162 g/mol. The Bertz CT molecular complexity index is 157. The molecule has 50 valence electrons. The number of halogens is 2. The van der Waals surface area contributed by atoms with Gasteiger partial charge in [-0.1, -0.05) is 23.6 Å². The molecule has 0 fully saturated rings. The van der Waals surface area contributed by atoms with Gasteiger partial charge in [0.1, 0.15) is 0 Å². The standard InChI is InChI=1S/C7H8Cl2/c1-7(2,3-5-8)4-6-9/h3,5H,1-2H3/b5-3+. The van der Waals surface area contributed by atoms with E-state index < -0.39 is 0 Å². The largest absolute Gasteiger partial charge is 0.0932 e. The molecule has 0 saturated carbocycles. The van der Waals surface area contributed by atoms with Crippen LogP contribution in [0.4, 0.5) is 0 Å². The Morgan fingerprint density at radius 3 is 2.33 bits per heavy atom. The minimum atomic E-state index is -0.205. The zero-order valence-electron chi connectivity index (χ0n) is 5.41. The normalized spacial score (nSPS) is 11.1. The number of hydrogen-bond acceptors (Lipinski definition) is 0. The second kappa shape index (κ2) is 3.82. The lowest BCUT2D eigenvalue weighted by atomic mass is 9.96. The summed E-state index contributed by atoms with van der Waals surface area (Å²) in [4.78, 5) is 0. The Hall–Kier alpha value is -0.120. The van der Waals surface area contributed by atoms with Crippen molar-refractivity contribution in [2.75, 3.05) is 0 Å². The highest BCUT2D eigenvalue weighted by Gasteiger charge is 2.07. The highest BCUT2D eigenvalue weighted by molar-refractivity contribution is 6.30. The van der Waals surface area contributed by atoms with Crippen molar-refractivity contribution >= 4 is 23.2 Å². The van der Waals surface area contributed by atoms with Gasteiger partial charge < -0.3 is 0 Å². The van der Waals surface area contributed by atoms with Crippen molar-refractivity contribution in [1.29, 1.82) is 0 Å². The molecule has 0 atom stereocenters. The van der Waals surface area contributed by atoms with Crippen LogP contribution in [0.2, 0.25) is 0 Å². The molecule has 0 spiro atoms. The van der Waals surface area contributed by atoms with Crippen LogP contribution in [0.3, 0.4) is 0 Å². The van der Waals surface area contributed by atoms with Gasteiger partial charge in [0.2, 0.25) is 0 Å². The predicted molar refractivity (Wildman–Crippen MR) is 42.4 cm³/mol. The summed E-state index contributed by atoms with van der Waals surface area (Å²) in [7, 11) is 0. The Kier molecular flexibility index (Phi) is 3.77. The molecule has 0 aliphatic rings. The summed E-state index contributed by atoms with van der Waals surface area (Å²) in [5, 5.41) is 2.31. The van der Waals surface area contributed by atoms with Gasteiger partial charge in [0.25, 0.3) is 0 Å². The van der Waals surface area contributed by atoms with Crippen molar-refractivity contribution in [2.24, 2.45) is 5.41 Å². The van der Waals surface area contributed by atoms with Crippen LogP contribution in [0.5, 0.6) is 0 Å². The second-order valence-electron chi connectivity index (χ2n) is 2.23. The smallest absolute Gasteiger partial charge is 0.0461 e. The summed E-state index contributed by atoms with van der Waals surface area (Å²) < 4.78 is 0. The maximum absolute atomic E-state index is 5.33. The molecule has 0 amide bonds. The zero-order chi connectivity index (χ0) is 7.33. The fraction of sp³-hybridized carbons (Fsp3) is 0.429. The Labute approximate surface area is 65.8 Å². The van der Waals surface area contributed by atoms with E-state index in [1.54, 1.807) is 6.08 Å². The number of rotatable bonds is 1. The van der Waals surface area contributed by atoms with Crippen LogP contribution in [-0.2, 0) is 0 Å². The first-order chi connectivity index (χ1) is 4.12. The van der Waals surface area contributed by atoms with E-state index in [9.17, 15) is 0 Å². The Balaban J connectivity index is 4.13. The van der Waals surface area contributed by atoms with Crippen LogP contribution in [0, 0.1) is 16.7 Å². The van der Waals surface area contributed by atoms with E-state index in [4.69, 9.17) is 23.2 Å². The summed E-state index contributed by atoms with van der Waals surface area (Å²) in [5.74, 6) is 2.77. The lowest BCUT2D eigenvalue weighted by Crippen LogP contribution is -2.01. The fourth-order valence-corrected chi connectivity index (χ4v) is 0.879. The molecular formula is C7H8Cl2. The second-order valence-corrected chi connectivity index (χ2v) is 2.67. The van der Waals surface area contributed by atoms with Crippen LogP contribution < -0.4 is 0 Å². The predicted octanol–water partition coefficient (Wildman–Crippen LogP) is 2.96. The summed E-state index contributed by atoms with van der Waals surface area (Å²) >= 11 is 10.5. The van der Waals surface area contributed by atoms with Crippen LogP contribution >= 0.6 is 23.2 Å². The first-order valence-electron chi connectivity index (χ1n) is 2.53. The molecule has 0 unspecified atom stereocenters.